The molecule has 1 fully saturated rings. The summed E-state index contributed by atoms with van der Waals surface area (Å²) in [5.41, 5.74) is 3.48. The summed E-state index contributed by atoms with van der Waals surface area (Å²) in [5.74, 6) is 0.0785. The van der Waals surface area contributed by atoms with Gasteiger partial charge in [0.05, 0.1) is 7.11 Å². The van der Waals surface area contributed by atoms with Crippen LogP contribution >= 0.6 is 23.7 Å². The number of piperazine rings is 1. The number of aromatic carboxylic acids is 1. The van der Waals surface area contributed by atoms with Gasteiger partial charge in [-0.15, -0.1) is 23.7 Å². The lowest BCUT2D eigenvalue weighted by Crippen LogP contribution is -2.47. The summed E-state index contributed by atoms with van der Waals surface area (Å²) in [6.07, 6.45) is 1.77. The second-order valence-electron chi connectivity index (χ2n) is 7.65. The fraction of sp³-hybridized carbons (Fsp3) is 0.375. The van der Waals surface area contributed by atoms with Crippen molar-refractivity contribution in [1.82, 2.24) is 4.90 Å². The first kappa shape index (κ1) is 23.4. The number of fused-ring (bicyclic) bond motifs is 1. The Morgan fingerprint density at radius 2 is 1.81 bits per heavy atom. The Morgan fingerprint density at radius 1 is 1.10 bits per heavy atom. The standard InChI is InChI=1S/C24H28N2O3S.ClH/c1-3-19-22-20(5-4-6-21(22)30-23(19)24(27)28)26-15-13-25(14-16-26)12-11-17-7-9-18(29-2)10-8-17;/h4-10H,3,11-16H2,1-2H3,(H,27,28);1H. The van der Waals surface area contributed by atoms with E-state index in [1.54, 1.807) is 7.11 Å². The van der Waals surface area contributed by atoms with Crippen molar-refractivity contribution in [2.75, 3.05) is 44.7 Å². The SMILES string of the molecule is CCc1c(C(=O)O)sc2cccc(N3CCN(CCc4ccc(OC)cc4)CC3)c12.Cl. The number of methoxy groups -OCH3 is 1. The Bertz CT molecular complexity index is 1030. The summed E-state index contributed by atoms with van der Waals surface area (Å²) in [4.78, 5) is 17.1. The van der Waals surface area contributed by atoms with Crippen LogP contribution in [0.25, 0.3) is 10.1 Å². The normalized spacial score (nSPS) is 14.5. The number of thiophene rings is 1. The number of aryl methyl sites for hydroxylation is 1. The van der Waals surface area contributed by atoms with Crippen LogP contribution < -0.4 is 9.64 Å². The molecular weight excluding hydrogens is 432 g/mol. The van der Waals surface area contributed by atoms with Gasteiger partial charge in [-0.2, -0.15) is 0 Å². The van der Waals surface area contributed by atoms with Gasteiger partial charge in [-0.3, -0.25) is 4.90 Å². The lowest BCUT2D eigenvalue weighted by molar-refractivity contribution is 0.0701. The Labute approximate surface area is 193 Å². The van der Waals surface area contributed by atoms with Crippen LogP contribution in [0.5, 0.6) is 5.75 Å². The first-order chi connectivity index (χ1) is 14.6. The first-order valence-electron chi connectivity index (χ1n) is 10.5. The lowest BCUT2D eigenvalue weighted by Gasteiger charge is -2.36. The molecule has 1 aromatic heterocycles. The Hall–Kier alpha value is -2.28. The molecule has 1 N–H and O–H groups in total. The van der Waals surface area contributed by atoms with E-state index in [4.69, 9.17) is 4.74 Å². The number of nitrogens with zero attached hydrogens (tertiary/aromatic N) is 2. The minimum absolute atomic E-state index is 0. The van der Waals surface area contributed by atoms with Crippen molar-refractivity contribution in [3.8, 4) is 5.75 Å². The van der Waals surface area contributed by atoms with E-state index in [1.165, 1.54) is 22.6 Å². The van der Waals surface area contributed by atoms with Gasteiger partial charge < -0.3 is 14.7 Å². The Kier molecular flexibility index (Phi) is 7.81. The summed E-state index contributed by atoms with van der Waals surface area (Å²) in [6, 6.07) is 14.6. The molecular formula is C24H29ClN2O3S. The smallest absolute Gasteiger partial charge is 0.346 e. The third-order valence-electron chi connectivity index (χ3n) is 5.93. The molecule has 0 saturated carbocycles. The molecule has 1 saturated heterocycles. The Morgan fingerprint density at radius 3 is 2.42 bits per heavy atom. The van der Waals surface area contributed by atoms with E-state index in [0.29, 0.717) is 4.88 Å². The number of halogens is 1. The monoisotopic (exact) mass is 460 g/mol. The molecule has 0 bridgehead atoms. The molecule has 7 heteroatoms. The van der Waals surface area contributed by atoms with E-state index in [1.807, 2.05) is 25.1 Å². The molecule has 0 atom stereocenters. The minimum Gasteiger partial charge on any atom is -0.497 e. The van der Waals surface area contributed by atoms with Crippen LogP contribution in [0.1, 0.15) is 27.7 Å². The fourth-order valence-electron chi connectivity index (χ4n) is 4.26. The average Bonchev–Trinajstić information content (AvgIpc) is 3.18. The second-order valence-corrected chi connectivity index (χ2v) is 8.70. The molecule has 1 aliphatic heterocycles. The van der Waals surface area contributed by atoms with Crippen LogP contribution in [0, 0.1) is 0 Å². The van der Waals surface area contributed by atoms with Crippen molar-refractivity contribution >= 4 is 45.5 Å². The topological polar surface area (TPSA) is 53.0 Å². The van der Waals surface area contributed by atoms with E-state index in [9.17, 15) is 9.90 Å². The molecule has 0 aliphatic carbocycles. The third-order valence-corrected chi connectivity index (χ3v) is 7.11. The molecule has 0 radical (unpaired) electrons. The molecule has 4 rings (SSSR count). The quantitative estimate of drug-likeness (QED) is 0.540. The van der Waals surface area contributed by atoms with Crippen LogP contribution in [-0.2, 0) is 12.8 Å². The number of rotatable bonds is 7. The van der Waals surface area contributed by atoms with E-state index >= 15 is 0 Å². The summed E-state index contributed by atoms with van der Waals surface area (Å²) in [6.45, 7) is 7.05. The van der Waals surface area contributed by atoms with Crippen molar-refractivity contribution in [3.05, 3.63) is 58.5 Å². The molecule has 2 aromatic carbocycles. The van der Waals surface area contributed by atoms with Crippen LogP contribution in [-0.4, -0.2) is 55.8 Å². The van der Waals surface area contributed by atoms with Crippen LogP contribution in [0.15, 0.2) is 42.5 Å². The zero-order valence-electron chi connectivity index (χ0n) is 18.0. The van der Waals surface area contributed by atoms with Crippen LogP contribution in [0.3, 0.4) is 0 Å². The molecule has 3 aromatic rings. The molecule has 0 amide bonds. The fourth-order valence-corrected chi connectivity index (χ4v) is 5.41. The van der Waals surface area contributed by atoms with E-state index < -0.39 is 5.97 Å². The predicted molar refractivity (Wildman–Crippen MR) is 131 cm³/mol. The molecule has 1 aliphatic rings. The number of carboxylic acid groups (broad SMARTS) is 1. The van der Waals surface area contributed by atoms with E-state index in [2.05, 4.69) is 34.1 Å². The highest BCUT2D eigenvalue weighted by Gasteiger charge is 2.23. The maximum atomic E-state index is 11.7. The predicted octanol–water partition coefficient (Wildman–Crippen LogP) is 4.96. The number of carbonyl (C=O) groups is 1. The lowest BCUT2D eigenvalue weighted by atomic mass is 10.0. The number of ether oxygens (including phenoxy) is 1. The van der Waals surface area contributed by atoms with Gasteiger partial charge in [0.15, 0.2) is 0 Å². The second kappa shape index (κ2) is 10.4. The maximum absolute atomic E-state index is 11.7. The van der Waals surface area contributed by atoms with Crippen molar-refractivity contribution < 1.29 is 14.6 Å². The van der Waals surface area contributed by atoms with Gasteiger partial charge in [0, 0.05) is 48.5 Å². The van der Waals surface area contributed by atoms with Gasteiger partial charge in [0.1, 0.15) is 10.6 Å². The molecule has 5 nitrogen and oxygen atoms in total. The summed E-state index contributed by atoms with van der Waals surface area (Å²) < 4.78 is 6.30. The number of benzene rings is 2. The minimum atomic E-state index is -0.817. The average molecular weight is 461 g/mol. The maximum Gasteiger partial charge on any atom is 0.346 e. The number of hydrogen-bond donors (Lipinski definition) is 1. The highest BCUT2D eigenvalue weighted by molar-refractivity contribution is 7.21. The van der Waals surface area contributed by atoms with Crippen molar-refractivity contribution in [1.29, 1.82) is 0 Å². The van der Waals surface area contributed by atoms with Gasteiger partial charge in [0.2, 0.25) is 0 Å². The van der Waals surface area contributed by atoms with Crippen LogP contribution in [0.2, 0.25) is 0 Å². The highest BCUT2D eigenvalue weighted by Crippen LogP contribution is 2.38. The van der Waals surface area contributed by atoms with Crippen molar-refractivity contribution in [2.24, 2.45) is 0 Å². The molecule has 0 unspecified atom stereocenters. The molecule has 31 heavy (non-hydrogen) atoms. The summed E-state index contributed by atoms with van der Waals surface area (Å²) in [7, 11) is 1.69. The van der Waals surface area contributed by atoms with Gasteiger partial charge in [-0.1, -0.05) is 25.1 Å². The highest BCUT2D eigenvalue weighted by atomic mass is 35.5. The number of carboxylic acids is 1. The van der Waals surface area contributed by atoms with Crippen molar-refractivity contribution in [3.63, 3.8) is 0 Å². The van der Waals surface area contributed by atoms with Gasteiger partial charge >= 0.3 is 5.97 Å². The first-order valence-corrected chi connectivity index (χ1v) is 11.3. The van der Waals surface area contributed by atoms with E-state index in [0.717, 1.165) is 67.0 Å². The zero-order valence-corrected chi connectivity index (χ0v) is 19.6. The largest absolute Gasteiger partial charge is 0.497 e. The third kappa shape index (κ3) is 4.97. The zero-order chi connectivity index (χ0) is 21.1. The van der Waals surface area contributed by atoms with Gasteiger partial charge in [-0.25, -0.2) is 4.79 Å². The van der Waals surface area contributed by atoms with Gasteiger partial charge in [-0.05, 0) is 48.2 Å². The molecule has 166 valence electrons. The molecule has 2 heterocycles. The van der Waals surface area contributed by atoms with Crippen molar-refractivity contribution in [2.45, 2.75) is 19.8 Å². The number of anilines is 1. The molecule has 0 spiro atoms. The van der Waals surface area contributed by atoms with E-state index in [-0.39, 0.29) is 12.4 Å². The summed E-state index contributed by atoms with van der Waals surface area (Å²) >= 11 is 1.40. The van der Waals surface area contributed by atoms with Gasteiger partial charge in [0.25, 0.3) is 0 Å². The van der Waals surface area contributed by atoms with Crippen LogP contribution in [0.4, 0.5) is 5.69 Å². The summed E-state index contributed by atoms with van der Waals surface area (Å²) in [5, 5.41) is 10.7. The Balaban J connectivity index is 0.00000272. The number of hydrogen-bond acceptors (Lipinski definition) is 5.